The molecule has 0 aliphatic carbocycles. The fourth-order valence-electron chi connectivity index (χ4n) is 1.74. The number of amides is 1. The summed E-state index contributed by atoms with van der Waals surface area (Å²) in [6, 6.07) is 10.5. The molecule has 0 radical (unpaired) electrons. The average molecular weight is 261 g/mol. The van der Waals surface area contributed by atoms with Gasteiger partial charge < -0.3 is 5.32 Å². The molecule has 0 saturated carbocycles. The summed E-state index contributed by atoms with van der Waals surface area (Å²) in [5.41, 5.74) is 1.23. The Morgan fingerprint density at radius 2 is 1.84 bits per heavy atom. The molecule has 0 aromatic heterocycles. The van der Waals surface area contributed by atoms with Crippen molar-refractivity contribution in [3.63, 3.8) is 0 Å². The van der Waals surface area contributed by atoms with E-state index in [1.54, 1.807) is 25.1 Å². The van der Waals surface area contributed by atoms with E-state index in [0.717, 1.165) is 5.56 Å². The smallest absolute Gasteiger partial charge is 0.228 e. The highest BCUT2D eigenvalue weighted by Gasteiger charge is 2.10. The van der Waals surface area contributed by atoms with E-state index in [1.165, 1.54) is 24.3 Å². The minimum atomic E-state index is -0.507. The minimum Gasteiger partial charge on any atom is -0.323 e. The number of benzene rings is 2. The molecular weight excluding hydrogens is 248 g/mol. The Bertz CT molecular complexity index is 611. The Morgan fingerprint density at radius 3 is 2.58 bits per heavy atom. The van der Waals surface area contributed by atoms with Crippen molar-refractivity contribution in [1.29, 1.82) is 0 Å². The van der Waals surface area contributed by atoms with E-state index in [2.05, 4.69) is 5.32 Å². The van der Waals surface area contributed by atoms with Crippen molar-refractivity contribution < 1.29 is 13.6 Å². The quantitative estimate of drug-likeness (QED) is 0.900. The van der Waals surface area contributed by atoms with Crippen LogP contribution in [-0.4, -0.2) is 5.91 Å². The largest absolute Gasteiger partial charge is 0.323 e. The number of carbonyl (C=O) groups is 1. The number of hydrogen-bond acceptors (Lipinski definition) is 1. The summed E-state index contributed by atoms with van der Waals surface area (Å²) < 4.78 is 26.8. The molecule has 98 valence electrons. The second-order valence-electron chi connectivity index (χ2n) is 4.30. The van der Waals surface area contributed by atoms with Gasteiger partial charge in [0.05, 0.1) is 12.1 Å². The molecule has 0 atom stereocenters. The standard InChI is InChI=1S/C15H13F2NO/c1-10-6-7-13(17)14(8-10)18-15(19)9-11-4-2-3-5-12(11)16/h2-8H,9H2,1H3,(H,18,19). The summed E-state index contributed by atoms with van der Waals surface area (Å²) in [7, 11) is 0. The van der Waals surface area contributed by atoms with Crippen LogP contribution in [0.3, 0.4) is 0 Å². The van der Waals surface area contributed by atoms with Crippen LogP contribution in [0.25, 0.3) is 0 Å². The molecule has 1 amide bonds. The first-order valence-corrected chi connectivity index (χ1v) is 5.85. The first kappa shape index (κ1) is 13.2. The van der Waals surface area contributed by atoms with Gasteiger partial charge in [-0.2, -0.15) is 0 Å². The Kier molecular flexibility index (Phi) is 3.90. The summed E-state index contributed by atoms with van der Waals surface area (Å²) in [5.74, 6) is -1.40. The maximum atomic E-state index is 13.5. The summed E-state index contributed by atoms with van der Waals surface area (Å²) >= 11 is 0. The topological polar surface area (TPSA) is 29.1 Å². The number of hydrogen-bond donors (Lipinski definition) is 1. The summed E-state index contributed by atoms with van der Waals surface area (Å²) in [6.45, 7) is 1.80. The van der Waals surface area contributed by atoms with E-state index in [1.807, 2.05) is 0 Å². The predicted octanol–water partition coefficient (Wildman–Crippen LogP) is 3.45. The monoisotopic (exact) mass is 261 g/mol. The molecular formula is C15H13F2NO. The van der Waals surface area contributed by atoms with Crippen LogP contribution in [0.1, 0.15) is 11.1 Å². The molecule has 0 bridgehead atoms. The third kappa shape index (κ3) is 3.37. The van der Waals surface area contributed by atoms with Crippen LogP contribution >= 0.6 is 0 Å². The Morgan fingerprint density at radius 1 is 1.11 bits per heavy atom. The van der Waals surface area contributed by atoms with Gasteiger partial charge in [-0.05, 0) is 36.2 Å². The molecule has 2 aromatic rings. The average Bonchev–Trinajstić information content (AvgIpc) is 2.37. The molecule has 0 saturated heterocycles. The van der Waals surface area contributed by atoms with E-state index >= 15 is 0 Å². The first-order valence-electron chi connectivity index (χ1n) is 5.85. The van der Waals surface area contributed by atoms with Crippen LogP contribution in [0, 0.1) is 18.6 Å². The molecule has 0 unspecified atom stereocenters. The van der Waals surface area contributed by atoms with Crippen molar-refractivity contribution in [3.8, 4) is 0 Å². The normalized spacial score (nSPS) is 10.3. The number of anilines is 1. The van der Waals surface area contributed by atoms with Gasteiger partial charge in [0.1, 0.15) is 11.6 Å². The predicted molar refractivity (Wildman–Crippen MR) is 69.9 cm³/mol. The molecule has 0 aliphatic heterocycles. The molecule has 0 fully saturated rings. The molecule has 0 heterocycles. The van der Waals surface area contributed by atoms with Gasteiger partial charge in [-0.15, -0.1) is 0 Å². The van der Waals surface area contributed by atoms with Gasteiger partial charge in [0.15, 0.2) is 0 Å². The lowest BCUT2D eigenvalue weighted by Gasteiger charge is -2.08. The highest BCUT2D eigenvalue weighted by molar-refractivity contribution is 5.92. The van der Waals surface area contributed by atoms with E-state index in [0.29, 0.717) is 0 Å². The Labute approximate surface area is 110 Å². The molecule has 0 aliphatic rings. The summed E-state index contributed by atoms with van der Waals surface area (Å²) in [4.78, 5) is 11.8. The SMILES string of the molecule is Cc1ccc(F)c(NC(=O)Cc2ccccc2F)c1. The molecule has 2 nitrogen and oxygen atoms in total. The van der Waals surface area contributed by atoms with E-state index in [4.69, 9.17) is 0 Å². The molecule has 1 N–H and O–H groups in total. The highest BCUT2D eigenvalue weighted by Crippen LogP contribution is 2.16. The second-order valence-corrected chi connectivity index (χ2v) is 4.30. The zero-order chi connectivity index (χ0) is 13.8. The van der Waals surface area contributed by atoms with Gasteiger partial charge in [-0.3, -0.25) is 4.79 Å². The molecule has 19 heavy (non-hydrogen) atoms. The third-order valence-electron chi connectivity index (χ3n) is 2.70. The highest BCUT2D eigenvalue weighted by atomic mass is 19.1. The van der Waals surface area contributed by atoms with Gasteiger partial charge in [-0.1, -0.05) is 24.3 Å². The fourth-order valence-corrected chi connectivity index (χ4v) is 1.74. The van der Waals surface area contributed by atoms with Gasteiger partial charge in [0, 0.05) is 0 Å². The van der Waals surface area contributed by atoms with Crippen molar-refractivity contribution in [1.82, 2.24) is 0 Å². The number of nitrogens with one attached hydrogen (secondary N) is 1. The van der Waals surface area contributed by atoms with Gasteiger partial charge in [0.2, 0.25) is 5.91 Å². The number of rotatable bonds is 3. The number of halogens is 2. The van der Waals surface area contributed by atoms with Crippen molar-refractivity contribution >= 4 is 11.6 Å². The first-order chi connectivity index (χ1) is 9.06. The summed E-state index contributed by atoms with van der Waals surface area (Å²) in [6.07, 6.45) is -0.125. The molecule has 0 spiro atoms. The van der Waals surface area contributed by atoms with Gasteiger partial charge in [0.25, 0.3) is 0 Å². The minimum absolute atomic E-state index is 0.112. The molecule has 2 aromatic carbocycles. The van der Waals surface area contributed by atoms with Crippen LogP contribution in [0.5, 0.6) is 0 Å². The lowest BCUT2D eigenvalue weighted by molar-refractivity contribution is -0.115. The van der Waals surface area contributed by atoms with Crippen LogP contribution in [0.15, 0.2) is 42.5 Å². The van der Waals surface area contributed by atoms with Crippen LogP contribution in [-0.2, 0) is 11.2 Å². The second kappa shape index (κ2) is 5.61. The van der Waals surface area contributed by atoms with Crippen molar-refractivity contribution in [2.45, 2.75) is 13.3 Å². The zero-order valence-corrected chi connectivity index (χ0v) is 10.4. The maximum Gasteiger partial charge on any atom is 0.228 e. The fraction of sp³-hybridized carbons (Fsp3) is 0.133. The Hall–Kier alpha value is -2.23. The van der Waals surface area contributed by atoms with Gasteiger partial charge in [-0.25, -0.2) is 8.78 Å². The third-order valence-corrected chi connectivity index (χ3v) is 2.70. The van der Waals surface area contributed by atoms with E-state index in [9.17, 15) is 13.6 Å². The number of carbonyl (C=O) groups excluding carboxylic acids is 1. The van der Waals surface area contributed by atoms with Crippen LogP contribution in [0.2, 0.25) is 0 Å². The van der Waals surface area contributed by atoms with Crippen LogP contribution in [0.4, 0.5) is 14.5 Å². The maximum absolute atomic E-state index is 13.5. The van der Waals surface area contributed by atoms with E-state index < -0.39 is 17.5 Å². The van der Waals surface area contributed by atoms with Crippen molar-refractivity contribution in [2.24, 2.45) is 0 Å². The lowest BCUT2D eigenvalue weighted by atomic mass is 10.1. The summed E-state index contributed by atoms with van der Waals surface area (Å²) in [5, 5.41) is 2.45. The van der Waals surface area contributed by atoms with Crippen LogP contribution < -0.4 is 5.32 Å². The lowest BCUT2D eigenvalue weighted by Crippen LogP contribution is -2.16. The number of aryl methyl sites for hydroxylation is 1. The molecule has 4 heteroatoms. The molecule has 2 rings (SSSR count). The Balaban J connectivity index is 2.10. The van der Waals surface area contributed by atoms with Crippen molar-refractivity contribution in [3.05, 3.63) is 65.2 Å². The van der Waals surface area contributed by atoms with Crippen molar-refractivity contribution in [2.75, 3.05) is 5.32 Å². The van der Waals surface area contributed by atoms with E-state index in [-0.39, 0.29) is 17.7 Å². The zero-order valence-electron chi connectivity index (χ0n) is 10.4. The van der Waals surface area contributed by atoms with Gasteiger partial charge >= 0.3 is 0 Å².